The van der Waals surface area contributed by atoms with Crippen molar-refractivity contribution < 1.29 is 24.3 Å². The van der Waals surface area contributed by atoms with Crippen LogP contribution in [0.15, 0.2) is 63.9 Å². The summed E-state index contributed by atoms with van der Waals surface area (Å²) in [5, 5.41) is 24.0. The third kappa shape index (κ3) is 5.17. The third-order valence-corrected chi connectivity index (χ3v) is 4.52. The molecular weight excluding hydrogens is 426 g/mol. The minimum absolute atomic E-state index is 0.0838. The van der Waals surface area contributed by atoms with Crippen molar-refractivity contribution in [3.05, 3.63) is 59.1 Å². The number of para-hydroxylation sites is 1. The molecule has 1 aliphatic heterocycles. The van der Waals surface area contributed by atoms with E-state index in [1.165, 1.54) is 31.2 Å². The van der Waals surface area contributed by atoms with Crippen LogP contribution in [-0.4, -0.2) is 45.6 Å². The van der Waals surface area contributed by atoms with Gasteiger partial charge in [-0.05, 0) is 43.3 Å². The first-order chi connectivity index (χ1) is 14.8. The molecule has 10 nitrogen and oxygen atoms in total. The molecule has 0 bridgehead atoms. The second-order valence-corrected chi connectivity index (χ2v) is 6.87. The van der Waals surface area contributed by atoms with Crippen LogP contribution in [0.25, 0.3) is 0 Å². The molecule has 2 aromatic rings. The molecule has 0 radical (unpaired) electrons. The summed E-state index contributed by atoms with van der Waals surface area (Å²) in [6.07, 6.45) is -0.617. The van der Waals surface area contributed by atoms with Gasteiger partial charge in [-0.15, -0.1) is 0 Å². The molecule has 31 heavy (non-hydrogen) atoms. The number of anilines is 1. The van der Waals surface area contributed by atoms with Crippen LogP contribution in [0.5, 0.6) is 0 Å². The summed E-state index contributed by atoms with van der Waals surface area (Å²) in [6.45, 7) is 1.51. The van der Waals surface area contributed by atoms with Crippen molar-refractivity contribution in [2.24, 2.45) is 15.3 Å². The molecule has 11 heteroatoms. The first-order valence-corrected chi connectivity index (χ1v) is 9.34. The van der Waals surface area contributed by atoms with E-state index < -0.39 is 36.2 Å². The maximum atomic E-state index is 12.5. The number of halogens is 1. The zero-order chi connectivity index (χ0) is 22.5. The molecule has 3 rings (SSSR count). The van der Waals surface area contributed by atoms with Crippen LogP contribution in [0.1, 0.15) is 23.7 Å². The van der Waals surface area contributed by atoms with Crippen molar-refractivity contribution in [2.75, 3.05) is 5.32 Å². The number of rotatable bonds is 6. The number of nitrogens with zero attached hydrogens (tertiary/aromatic N) is 4. The van der Waals surface area contributed by atoms with Crippen molar-refractivity contribution in [1.29, 1.82) is 0 Å². The first kappa shape index (κ1) is 21.8. The molecule has 0 saturated heterocycles. The Labute approximate surface area is 181 Å². The van der Waals surface area contributed by atoms with E-state index in [-0.39, 0.29) is 11.3 Å². The Morgan fingerprint density at radius 2 is 1.84 bits per heavy atom. The number of hydrogen-bond acceptors (Lipinski definition) is 7. The summed E-state index contributed by atoms with van der Waals surface area (Å²) < 4.78 is 0. The van der Waals surface area contributed by atoms with E-state index in [4.69, 9.17) is 16.7 Å². The quantitative estimate of drug-likeness (QED) is 0.522. The monoisotopic (exact) mass is 441 g/mol. The predicted molar refractivity (Wildman–Crippen MR) is 111 cm³/mol. The Morgan fingerprint density at radius 3 is 2.48 bits per heavy atom. The van der Waals surface area contributed by atoms with Gasteiger partial charge in [0.2, 0.25) is 5.91 Å². The zero-order valence-corrected chi connectivity index (χ0v) is 16.9. The molecule has 1 heterocycles. The lowest BCUT2D eigenvalue weighted by Gasteiger charge is -2.11. The van der Waals surface area contributed by atoms with E-state index in [1.54, 1.807) is 24.3 Å². The maximum Gasteiger partial charge on any atom is 0.335 e. The highest BCUT2D eigenvalue weighted by Gasteiger charge is 2.38. The standard InChI is InChI=1S/C20H16ClN5O5/c1-11-18(24-23-13-8-6-12(7-9-13)20(30)31)19(29)26(25-11)17(28)10-16(27)22-15-5-3-2-4-14(15)21/h2-9,18H,10H2,1H3,(H,22,27)(H,30,31)/t18-/m1/s1. The number of hydrazone groups is 1. The molecule has 0 fully saturated rings. The number of carboxylic acids is 1. The Bertz CT molecular complexity index is 1110. The molecule has 0 aromatic heterocycles. The number of carbonyl (C=O) groups is 4. The number of azo groups is 1. The maximum absolute atomic E-state index is 12.5. The number of aromatic carboxylic acids is 1. The molecular formula is C20H16ClN5O5. The first-order valence-electron chi connectivity index (χ1n) is 8.96. The molecule has 1 aliphatic rings. The number of nitrogens with one attached hydrogen (secondary N) is 1. The highest BCUT2D eigenvalue weighted by atomic mass is 35.5. The van der Waals surface area contributed by atoms with Gasteiger partial charge in [0.25, 0.3) is 11.8 Å². The molecule has 158 valence electrons. The smallest absolute Gasteiger partial charge is 0.335 e. The number of hydrogen-bond donors (Lipinski definition) is 2. The van der Waals surface area contributed by atoms with Gasteiger partial charge >= 0.3 is 5.97 Å². The minimum atomic E-state index is -1.12. The van der Waals surface area contributed by atoms with Gasteiger partial charge in [-0.1, -0.05) is 23.7 Å². The zero-order valence-electron chi connectivity index (χ0n) is 16.2. The van der Waals surface area contributed by atoms with Crippen LogP contribution >= 0.6 is 11.6 Å². The van der Waals surface area contributed by atoms with Gasteiger partial charge in [-0.3, -0.25) is 14.4 Å². The van der Waals surface area contributed by atoms with Crippen molar-refractivity contribution in [3.63, 3.8) is 0 Å². The highest BCUT2D eigenvalue weighted by molar-refractivity contribution is 6.33. The van der Waals surface area contributed by atoms with Crippen LogP contribution < -0.4 is 5.32 Å². The summed E-state index contributed by atoms with van der Waals surface area (Å²) in [5.41, 5.74) is 0.987. The third-order valence-electron chi connectivity index (χ3n) is 4.20. The second kappa shape index (κ2) is 9.26. The molecule has 2 aromatic carbocycles. The lowest BCUT2D eigenvalue weighted by molar-refractivity contribution is -0.144. The van der Waals surface area contributed by atoms with E-state index in [1.807, 2.05) is 0 Å². The number of carboxylic acid groups (broad SMARTS) is 1. The van der Waals surface area contributed by atoms with Gasteiger partial charge in [0.15, 0.2) is 6.04 Å². The summed E-state index contributed by atoms with van der Waals surface area (Å²) in [4.78, 5) is 47.9. The van der Waals surface area contributed by atoms with Gasteiger partial charge in [-0.2, -0.15) is 20.3 Å². The minimum Gasteiger partial charge on any atom is -0.478 e. The van der Waals surface area contributed by atoms with E-state index in [0.717, 1.165) is 0 Å². The molecule has 0 aliphatic carbocycles. The van der Waals surface area contributed by atoms with Crippen LogP contribution in [0.2, 0.25) is 5.02 Å². The number of amides is 3. The highest BCUT2D eigenvalue weighted by Crippen LogP contribution is 2.21. The summed E-state index contributed by atoms with van der Waals surface area (Å²) in [5.74, 6) is -3.29. The molecule has 0 unspecified atom stereocenters. The molecule has 3 amide bonds. The normalized spacial score (nSPS) is 15.8. The number of benzene rings is 2. The van der Waals surface area contributed by atoms with Crippen LogP contribution in [0.4, 0.5) is 11.4 Å². The van der Waals surface area contributed by atoms with Crippen LogP contribution in [-0.2, 0) is 14.4 Å². The van der Waals surface area contributed by atoms with Gasteiger partial charge in [-0.25, -0.2) is 4.79 Å². The Balaban J connectivity index is 1.63. The van der Waals surface area contributed by atoms with E-state index in [2.05, 4.69) is 20.6 Å². The lowest BCUT2D eigenvalue weighted by atomic mass is 10.2. The van der Waals surface area contributed by atoms with E-state index in [0.29, 0.717) is 21.4 Å². The fourth-order valence-electron chi connectivity index (χ4n) is 2.63. The van der Waals surface area contributed by atoms with Gasteiger partial charge in [0.1, 0.15) is 6.42 Å². The Kier molecular flexibility index (Phi) is 6.51. The summed E-state index contributed by atoms with van der Waals surface area (Å²) >= 11 is 5.96. The van der Waals surface area contributed by atoms with Crippen LogP contribution in [0.3, 0.4) is 0 Å². The van der Waals surface area contributed by atoms with Gasteiger partial charge < -0.3 is 10.4 Å². The summed E-state index contributed by atoms with van der Waals surface area (Å²) in [6, 6.07) is 11.0. The fourth-order valence-corrected chi connectivity index (χ4v) is 2.82. The van der Waals surface area contributed by atoms with Crippen molar-refractivity contribution >= 4 is 52.4 Å². The van der Waals surface area contributed by atoms with Gasteiger partial charge in [0, 0.05) is 0 Å². The van der Waals surface area contributed by atoms with E-state index in [9.17, 15) is 19.2 Å². The lowest BCUT2D eigenvalue weighted by Crippen LogP contribution is -2.36. The average molecular weight is 442 g/mol. The molecule has 1 atom stereocenters. The Hall–Kier alpha value is -3.92. The SMILES string of the molecule is CC1=NN(C(=O)CC(=O)Nc2ccccc2Cl)C(=O)[C@@H]1N=Nc1ccc(C(=O)O)cc1. The molecule has 0 saturated carbocycles. The van der Waals surface area contributed by atoms with Crippen molar-refractivity contribution in [3.8, 4) is 0 Å². The molecule has 2 N–H and O–H groups in total. The van der Waals surface area contributed by atoms with Gasteiger partial charge in [0.05, 0.1) is 27.7 Å². The summed E-state index contributed by atoms with van der Waals surface area (Å²) in [7, 11) is 0. The Morgan fingerprint density at radius 1 is 1.16 bits per heavy atom. The van der Waals surface area contributed by atoms with Crippen molar-refractivity contribution in [1.82, 2.24) is 5.01 Å². The largest absolute Gasteiger partial charge is 0.478 e. The molecule has 0 spiro atoms. The van der Waals surface area contributed by atoms with Crippen LogP contribution in [0, 0.1) is 0 Å². The number of imide groups is 1. The van der Waals surface area contributed by atoms with E-state index >= 15 is 0 Å². The average Bonchev–Trinajstić information content (AvgIpc) is 3.02. The topological polar surface area (TPSA) is 141 Å². The van der Waals surface area contributed by atoms with Crippen molar-refractivity contribution in [2.45, 2.75) is 19.4 Å². The number of carbonyl (C=O) groups excluding carboxylic acids is 3. The second-order valence-electron chi connectivity index (χ2n) is 6.46. The predicted octanol–water partition coefficient (Wildman–Crippen LogP) is 3.26. The fraction of sp³-hybridized carbons (Fsp3) is 0.150.